The number of benzene rings is 1. The quantitative estimate of drug-likeness (QED) is 0.818. The molecule has 0 amide bonds. The monoisotopic (exact) mass is 313 g/mol. The molecule has 1 N–H and O–H groups in total. The first-order valence-corrected chi connectivity index (χ1v) is 7.05. The van der Waals surface area contributed by atoms with E-state index in [2.05, 4.69) is 28.2 Å². The molecule has 0 aliphatic rings. The average Bonchev–Trinajstić information content (AvgIpc) is 2.34. The van der Waals surface area contributed by atoms with E-state index in [0.29, 0.717) is 6.61 Å². The summed E-state index contributed by atoms with van der Waals surface area (Å²) in [6.45, 7) is 7.09. The first-order chi connectivity index (χ1) is 8.60. The van der Waals surface area contributed by atoms with Gasteiger partial charge in [-0.3, -0.25) is 0 Å². The molecule has 0 aromatic heterocycles. The third kappa shape index (κ3) is 4.10. The zero-order chi connectivity index (χ0) is 13.5. The number of hydrogen-bond donors (Lipinski definition) is 1. The lowest BCUT2D eigenvalue weighted by Gasteiger charge is -2.18. The van der Waals surface area contributed by atoms with Crippen LogP contribution in [0.3, 0.4) is 0 Å². The van der Waals surface area contributed by atoms with E-state index in [4.69, 9.17) is 4.74 Å². The number of rotatable bonds is 6. The van der Waals surface area contributed by atoms with E-state index in [1.54, 1.807) is 0 Å². The Kier molecular flexibility index (Phi) is 6.36. The van der Waals surface area contributed by atoms with Gasteiger partial charge in [-0.2, -0.15) is 0 Å². The number of carbonyl (C=O) groups is 1. The zero-order valence-corrected chi connectivity index (χ0v) is 12.7. The van der Waals surface area contributed by atoms with E-state index in [1.165, 1.54) is 0 Å². The van der Waals surface area contributed by atoms with Crippen molar-refractivity contribution >= 4 is 21.9 Å². The molecule has 0 radical (unpaired) electrons. The zero-order valence-electron chi connectivity index (χ0n) is 11.1. The lowest BCUT2D eigenvalue weighted by molar-refractivity contribution is -0.145. The fraction of sp³-hybridized carbons (Fsp3) is 0.500. The van der Waals surface area contributed by atoms with Gasteiger partial charge in [0.05, 0.1) is 6.61 Å². The molecule has 1 aromatic rings. The second-order valence-electron chi connectivity index (χ2n) is 4.15. The predicted molar refractivity (Wildman–Crippen MR) is 76.5 cm³/mol. The minimum atomic E-state index is -0.378. The van der Waals surface area contributed by atoms with Crippen molar-refractivity contribution in [1.29, 1.82) is 0 Å². The Morgan fingerprint density at radius 1 is 1.44 bits per heavy atom. The molecule has 0 aliphatic carbocycles. The Bertz CT molecular complexity index is 407. The van der Waals surface area contributed by atoms with Crippen molar-refractivity contribution in [2.75, 3.05) is 13.2 Å². The van der Waals surface area contributed by atoms with E-state index < -0.39 is 0 Å². The Morgan fingerprint density at radius 2 is 2.17 bits per heavy atom. The molecule has 0 spiro atoms. The topological polar surface area (TPSA) is 38.3 Å². The van der Waals surface area contributed by atoms with Crippen molar-refractivity contribution in [3.8, 4) is 0 Å². The number of halogens is 1. The van der Waals surface area contributed by atoms with E-state index in [1.807, 2.05) is 32.0 Å². The second-order valence-corrected chi connectivity index (χ2v) is 5.00. The maximum Gasteiger partial charge on any atom is 0.327 e. The molecule has 0 fully saturated rings. The first-order valence-electron chi connectivity index (χ1n) is 6.26. The summed E-state index contributed by atoms with van der Waals surface area (Å²) in [6.07, 6.45) is 0.978. The van der Waals surface area contributed by atoms with Crippen molar-refractivity contribution in [3.05, 3.63) is 33.8 Å². The maximum absolute atomic E-state index is 11.9. The summed E-state index contributed by atoms with van der Waals surface area (Å²) in [4.78, 5) is 11.9. The van der Waals surface area contributed by atoms with Crippen LogP contribution in [0.2, 0.25) is 0 Å². The van der Waals surface area contributed by atoms with Gasteiger partial charge in [0.1, 0.15) is 6.04 Å². The van der Waals surface area contributed by atoms with E-state index in [-0.39, 0.29) is 12.0 Å². The second kappa shape index (κ2) is 7.54. The van der Waals surface area contributed by atoms with Crippen LogP contribution < -0.4 is 5.32 Å². The van der Waals surface area contributed by atoms with Gasteiger partial charge < -0.3 is 10.1 Å². The Morgan fingerprint density at radius 3 is 2.72 bits per heavy atom. The Labute approximate surface area is 117 Å². The van der Waals surface area contributed by atoms with E-state index in [9.17, 15) is 4.79 Å². The lowest BCUT2D eigenvalue weighted by atomic mass is 10.0. The summed E-state index contributed by atoms with van der Waals surface area (Å²) in [5, 5.41) is 3.23. The molecule has 1 aromatic carbocycles. The van der Waals surface area contributed by atoms with Gasteiger partial charge in [-0.1, -0.05) is 35.0 Å². The SMILES string of the molecule is CCCNC(C(=O)OCC)c1ccc(Br)c(C)c1. The van der Waals surface area contributed by atoms with Crippen LogP contribution in [0.1, 0.15) is 37.4 Å². The fourth-order valence-electron chi connectivity index (χ4n) is 1.70. The molecule has 0 heterocycles. The van der Waals surface area contributed by atoms with Crippen LogP contribution in [0.4, 0.5) is 0 Å². The number of hydrogen-bond acceptors (Lipinski definition) is 3. The van der Waals surface area contributed by atoms with Crippen LogP contribution in [-0.4, -0.2) is 19.1 Å². The van der Waals surface area contributed by atoms with Crippen LogP contribution >= 0.6 is 15.9 Å². The van der Waals surface area contributed by atoms with Gasteiger partial charge in [-0.25, -0.2) is 4.79 Å². The molecule has 100 valence electrons. The molecule has 0 saturated heterocycles. The molecule has 3 nitrogen and oxygen atoms in total. The fourth-order valence-corrected chi connectivity index (χ4v) is 1.95. The van der Waals surface area contributed by atoms with Crippen molar-refractivity contribution in [2.45, 2.75) is 33.2 Å². The normalized spacial score (nSPS) is 12.2. The highest BCUT2D eigenvalue weighted by Crippen LogP contribution is 2.22. The maximum atomic E-state index is 11.9. The summed E-state index contributed by atoms with van der Waals surface area (Å²) < 4.78 is 6.16. The van der Waals surface area contributed by atoms with Gasteiger partial charge in [0.2, 0.25) is 0 Å². The van der Waals surface area contributed by atoms with Gasteiger partial charge in [0.15, 0.2) is 0 Å². The molecule has 0 bridgehead atoms. The predicted octanol–water partition coefficient (Wildman–Crippen LogP) is 3.36. The summed E-state index contributed by atoms with van der Waals surface area (Å²) in [6, 6.07) is 5.54. The number of esters is 1. The molecule has 1 unspecified atom stereocenters. The Hall–Kier alpha value is -0.870. The van der Waals surface area contributed by atoms with E-state index in [0.717, 1.165) is 28.6 Å². The van der Waals surface area contributed by atoms with Crippen LogP contribution in [-0.2, 0) is 9.53 Å². The van der Waals surface area contributed by atoms with Crippen LogP contribution in [0.5, 0.6) is 0 Å². The third-order valence-electron chi connectivity index (χ3n) is 2.64. The average molecular weight is 314 g/mol. The van der Waals surface area contributed by atoms with E-state index >= 15 is 0 Å². The van der Waals surface area contributed by atoms with Gasteiger partial charge in [-0.15, -0.1) is 0 Å². The van der Waals surface area contributed by atoms with Crippen LogP contribution in [0.25, 0.3) is 0 Å². The minimum Gasteiger partial charge on any atom is -0.465 e. The van der Waals surface area contributed by atoms with Crippen LogP contribution in [0.15, 0.2) is 22.7 Å². The molecular formula is C14H20BrNO2. The lowest BCUT2D eigenvalue weighted by Crippen LogP contribution is -2.30. The largest absolute Gasteiger partial charge is 0.465 e. The van der Waals surface area contributed by atoms with Crippen molar-refractivity contribution < 1.29 is 9.53 Å². The summed E-state index contributed by atoms with van der Waals surface area (Å²) in [5.74, 6) is -0.215. The smallest absolute Gasteiger partial charge is 0.327 e. The van der Waals surface area contributed by atoms with Gasteiger partial charge in [-0.05, 0) is 44.0 Å². The van der Waals surface area contributed by atoms with Crippen LogP contribution in [0, 0.1) is 6.92 Å². The Balaban J connectivity index is 2.93. The molecule has 4 heteroatoms. The number of ether oxygens (including phenoxy) is 1. The molecular weight excluding hydrogens is 294 g/mol. The number of aryl methyl sites for hydroxylation is 1. The van der Waals surface area contributed by atoms with Crippen molar-refractivity contribution in [1.82, 2.24) is 5.32 Å². The van der Waals surface area contributed by atoms with Gasteiger partial charge in [0.25, 0.3) is 0 Å². The third-order valence-corrected chi connectivity index (χ3v) is 3.53. The highest BCUT2D eigenvalue weighted by Gasteiger charge is 2.21. The molecule has 18 heavy (non-hydrogen) atoms. The minimum absolute atomic E-state index is 0.215. The molecule has 1 atom stereocenters. The summed E-state index contributed by atoms with van der Waals surface area (Å²) in [7, 11) is 0. The van der Waals surface area contributed by atoms with Crippen molar-refractivity contribution in [3.63, 3.8) is 0 Å². The highest BCUT2D eigenvalue weighted by atomic mass is 79.9. The van der Waals surface area contributed by atoms with Gasteiger partial charge >= 0.3 is 5.97 Å². The van der Waals surface area contributed by atoms with Crippen molar-refractivity contribution in [2.24, 2.45) is 0 Å². The number of nitrogens with one attached hydrogen (secondary N) is 1. The molecule has 1 rings (SSSR count). The molecule has 0 aliphatic heterocycles. The van der Waals surface area contributed by atoms with Gasteiger partial charge in [0, 0.05) is 4.47 Å². The standard InChI is InChI=1S/C14H20BrNO2/c1-4-8-16-13(14(17)18-5-2)11-6-7-12(15)10(3)9-11/h6-7,9,13,16H,4-5,8H2,1-3H3. The number of carbonyl (C=O) groups excluding carboxylic acids is 1. The summed E-state index contributed by atoms with van der Waals surface area (Å²) >= 11 is 3.46. The molecule has 0 saturated carbocycles. The first kappa shape index (κ1) is 15.2. The summed E-state index contributed by atoms with van der Waals surface area (Å²) in [5.41, 5.74) is 2.06. The highest BCUT2D eigenvalue weighted by molar-refractivity contribution is 9.10.